The number of likely N-dealkylation sites (N-methyl/N-ethyl adjacent to an activating group) is 1. The minimum absolute atomic E-state index is 0.287. The van der Waals surface area contributed by atoms with E-state index in [4.69, 9.17) is 4.74 Å². The standard InChI is InChI=1S/C25H33N3O4/c1-16-10-8-13-19(14-16)22(23(30)27-21-17(2)11-9-12-18(21)3)28(7)20(29)15-26-24(31)32-25(4,5)6/h8-14,22H,15H2,1-7H3,(H,26,31)(H,27,30). The molecule has 2 aromatic carbocycles. The van der Waals surface area contributed by atoms with Crippen LogP contribution in [0, 0.1) is 20.8 Å². The van der Waals surface area contributed by atoms with Crippen molar-refractivity contribution in [3.8, 4) is 0 Å². The molecule has 7 nitrogen and oxygen atoms in total. The molecule has 1 atom stereocenters. The number of benzene rings is 2. The van der Waals surface area contributed by atoms with Gasteiger partial charge in [-0.05, 0) is 58.2 Å². The Morgan fingerprint density at radius 3 is 2.16 bits per heavy atom. The fraction of sp³-hybridized carbons (Fsp3) is 0.400. The fourth-order valence-corrected chi connectivity index (χ4v) is 3.32. The zero-order chi connectivity index (χ0) is 24.1. The second kappa shape index (κ2) is 10.3. The van der Waals surface area contributed by atoms with Crippen LogP contribution < -0.4 is 10.6 Å². The number of aryl methyl sites for hydroxylation is 3. The Morgan fingerprint density at radius 2 is 1.59 bits per heavy atom. The Balaban J connectivity index is 2.26. The van der Waals surface area contributed by atoms with Crippen LogP contribution in [-0.2, 0) is 14.3 Å². The number of anilines is 1. The van der Waals surface area contributed by atoms with Crippen LogP contribution in [-0.4, -0.2) is 42.0 Å². The first-order valence-electron chi connectivity index (χ1n) is 10.5. The van der Waals surface area contributed by atoms with Crippen molar-refractivity contribution in [2.24, 2.45) is 0 Å². The number of nitrogens with one attached hydrogen (secondary N) is 2. The summed E-state index contributed by atoms with van der Waals surface area (Å²) in [5.41, 5.74) is 3.57. The molecular weight excluding hydrogens is 406 g/mol. The van der Waals surface area contributed by atoms with Gasteiger partial charge in [-0.2, -0.15) is 0 Å². The largest absolute Gasteiger partial charge is 0.444 e. The molecule has 0 aromatic heterocycles. The number of hydrogen-bond donors (Lipinski definition) is 2. The number of alkyl carbamates (subject to hydrolysis) is 1. The molecule has 0 aliphatic carbocycles. The van der Waals surface area contributed by atoms with Gasteiger partial charge in [0.15, 0.2) is 0 Å². The molecule has 0 fully saturated rings. The van der Waals surface area contributed by atoms with Crippen molar-refractivity contribution in [1.82, 2.24) is 10.2 Å². The van der Waals surface area contributed by atoms with Crippen LogP contribution in [0.2, 0.25) is 0 Å². The van der Waals surface area contributed by atoms with Gasteiger partial charge in [0.25, 0.3) is 5.91 Å². The summed E-state index contributed by atoms with van der Waals surface area (Å²) in [6.45, 7) is 10.7. The van der Waals surface area contributed by atoms with Crippen LogP contribution in [0.1, 0.15) is 49.1 Å². The Morgan fingerprint density at radius 1 is 1.00 bits per heavy atom. The maximum atomic E-state index is 13.4. The van der Waals surface area contributed by atoms with Gasteiger partial charge in [-0.25, -0.2) is 4.79 Å². The first-order chi connectivity index (χ1) is 14.9. The summed E-state index contributed by atoms with van der Waals surface area (Å²) in [6, 6.07) is 12.4. The predicted molar refractivity (Wildman–Crippen MR) is 125 cm³/mol. The summed E-state index contributed by atoms with van der Waals surface area (Å²) in [6.07, 6.45) is -0.689. The highest BCUT2D eigenvalue weighted by Crippen LogP contribution is 2.26. The number of carbonyl (C=O) groups excluding carboxylic acids is 3. The second-order valence-corrected chi connectivity index (χ2v) is 8.93. The van der Waals surface area contributed by atoms with Crippen molar-refractivity contribution in [3.05, 3.63) is 64.7 Å². The Kier molecular flexibility index (Phi) is 8.02. The third-order valence-electron chi connectivity index (χ3n) is 4.90. The monoisotopic (exact) mass is 439 g/mol. The van der Waals surface area contributed by atoms with Gasteiger partial charge in [-0.1, -0.05) is 48.0 Å². The van der Waals surface area contributed by atoms with Crippen LogP contribution >= 0.6 is 0 Å². The molecule has 2 N–H and O–H groups in total. The lowest BCUT2D eigenvalue weighted by molar-refractivity contribution is -0.136. The maximum Gasteiger partial charge on any atom is 0.408 e. The Hall–Kier alpha value is -3.35. The normalized spacial score (nSPS) is 12.0. The van der Waals surface area contributed by atoms with Gasteiger partial charge in [0.05, 0.1) is 0 Å². The predicted octanol–water partition coefficient (Wildman–Crippen LogP) is 4.27. The summed E-state index contributed by atoms with van der Waals surface area (Å²) in [7, 11) is 1.55. The third kappa shape index (κ3) is 6.83. The van der Waals surface area contributed by atoms with Crippen LogP contribution in [0.3, 0.4) is 0 Å². The van der Waals surface area contributed by atoms with E-state index in [9.17, 15) is 14.4 Å². The van der Waals surface area contributed by atoms with Crippen molar-refractivity contribution in [2.45, 2.75) is 53.2 Å². The van der Waals surface area contributed by atoms with E-state index in [1.165, 1.54) is 4.90 Å². The van der Waals surface area contributed by atoms with Crippen molar-refractivity contribution < 1.29 is 19.1 Å². The van der Waals surface area contributed by atoms with Gasteiger partial charge in [0, 0.05) is 12.7 Å². The molecular formula is C25H33N3O4. The zero-order valence-corrected chi connectivity index (χ0v) is 19.9. The number of nitrogens with zero attached hydrogens (tertiary/aromatic N) is 1. The number of hydrogen-bond acceptors (Lipinski definition) is 4. The average Bonchev–Trinajstić information content (AvgIpc) is 2.68. The second-order valence-electron chi connectivity index (χ2n) is 8.93. The first kappa shape index (κ1) is 24.9. The van der Waals surface area contributed by atoms with Gasteiger partial charge in [0.2, 0.25) is 5.91 Å². The topological polar surface area (TPSA) is 87.7 Å². The van der Waals surface area contributed by atoms with Crippen molar-refractivity contribution in [1.29, 1.82) is 0 Å². The van der Waals surface area contributed by atoms with E-state index in [-0.39, 0.29) is 12.5 Å². The molecule has 32 heavy (non-hydrogen) atoms. The number of para-hydroxylation sites is 1. The molecule has 0 saturated heterocycles. The molecule has 7 heteroatoms. The summed E-state index contributed by atoms with van der Waals surface area (Å²) < 4.78 is 5.18. The molecule has 0 heterocycles. The van der Waals surface area contributed by atoms with Crippen LogP contribution in [0.4, 0.5) is 10.5 Å². The van der Waals surface area contributed by atoms with E-state index in [0.29, 0.717) is 5.56 Å². The highest BCUT2D eigenvalue weighted by Gasteiger charge is 2.30. The van der Waals surface area contributed by atoms with E-state index < -0.39 is 23.6 Å². The summed E-state index contributed by atoms with van der Waals surface area (Å²) in [5.74, 6) is -0.750. The minimum atomic E-state index is -0.873. The van der Waals surface area contributed by atoms with E-state index in [1.807, 2.05) is 63.2 Å². The molecule has 1 unspecified atom stereocenters. The van der Waals surface area contributed by atoms with Gasteiger partial charge < -0.3 is 20.3 Å². The molecule has 0 aliphatic rings. The van der Waals surface area contributed by atoms with E-state index in [2.05, 4.69) is 10.6 Å². The van der Waals surface area contributed by atoms with Gasteiger partial charge in [-0.3, -0.25) is 9.59 Å². The fourth-order valence-electron chi connectivity index (χ4n) is 3.32. The number of amides is 3. The molecule has 172 valence electrons. The Bertz CT molecular complexity index is 975. The van der Waals surface area contributed by atoms with Gasteiger partial charge in [-0.15, -0.1) is 0 Å². The number of rotatable bonds is 6. The van der Waals surface area contributed by atoms with Crippen LogP contribution in [0.15, 0.2) is 42.5 Å². The number of ether oxygens (including phenoxy) is 1. The van der Waals surface area contributed by atoms with Crippen LogP contribution in [0.25, 0.3) is 0 Å². The van der Waals surface area contributed by atoms with Gasteiger partial charge in [0.1, 0.15) is 18.2 Å². The highest BCUT2D eigenvalue weighted by molar-refractivity contribution is 5.99. The van der Waals surface area contributed by atoms with Crippen LogP contribution in [0.5, 0.6) is 0 Å². The lowest BCUT2D eigenvalue weighted by Crippen LogP contribution is -2.44. The molecule has 0 saturated carbocycles. The maximum absolute atomic E-state index is 13.4. The zero-order valence-electron chi connectivity index (χ0n) is 19.9. The highest BCUT2D eigenvalue weighted by atomic mass is 16.6. The summed E-state index contributed by atoms with van der Waals surface area (Å²) in [4.78, 5) is 39.5. The van der Waals surface area contributed by atoms with E-state index >= 15 is 0 Å². The van der Waals surface area contributed by atoms with E-state index in [0.717, 1.165) is 22.4 Å². The first-order valence-corrected chi connectivity index (χ1v) is 10.5. The molecule has 2 aromatic rings. The van der Waals surface area contributed by atoms with Crippen molar-refractivity contribution >= 4 is 23.6 Å². The molecule has 2 rings (SSSR count). The number of carbonyl (C=O) groups is 3. The molecule has 3 amide bonds. The van der Waals surface area contributed by atoms with Crippen molar-refractivity contribution in [3.63, 3.8) is 0 Å². The minimum Gasteiger partial charge on any atom is -0.444 e. The average molecular weight is 440 g/mol. The smallest absolute Gasteiger partial charge is 0.408 e. The summed E-state index contributed by atoms with van der Waals surface area (Å²) in [5, 5.41) is 5.44. The quantitative estimate of drug-likeness (QED) is 0.703. The molecule has 0 aliphatic heterocycles. The molecule has 0 spiro atoms. The lowest BCUT2D eigenvalue weighted by Gasteiger charge is -2.29. The summed E-state index contributed by atoms with van der Waals surface area (Å²) >= 11 is 0. The SMILES string of the molecule is Cc1cccc(C(C(=O)Nc2c(C)cccc2C)N(C)C(=O)CNC(=O)OC(C)(C)C)c1. The van der Waals surface area contributed by atoms with E-state index in [1.54, 1.807) is 27.8 Å². The third-order valence-corrected chi connectivity index (χ3v) is 4.90. The Labute approximate surface area is 190 Å². The lowest BCUT2D eigenvalue weighted by atomic mass is 10.0. The molecule has 0 radical (unpaired) electrons. The van der Waals surface area contributed by atoms with Crippen molar-refractivity contribution in [2.75, 3.05) is 18.9 Å². The van der Waals surface area contributed by atoms with Gasteiger partial charge >= 0.3 is 6.09 Å². The molecule has 0 bridgehead atoms.